The fourth-order valence-corrected chi connectivity index (χ4v) is 1.56. The molecule has 94 valence electrons. The lowest BCUT2D eigenvalue weighted by Crippen LogP contribution is -2.27. The maximum Gasteiger partial charge on any atom is 0.420 e. The normalized spacial score (nSPS) is 11.3. The zero-order chi connectivity index (χ0) is 13.2. The first-order valence-corrected chi connectivity index (χ1v) is 5.79. The van der Waals surface area contributed by atoms with Crippen LogP contribution in [-0.4, -0.2) is 21.2 Å². The molecular weight excluding hydrogens is 228 g/mol. The van der Waals surface area contributed by atoms with Gasteiger partial charge in [0.05, 0.1) is 0 Å². The number of aromatic nitrogens is 2. The lowest BCUT2D eigenvalue weighted by atomic mass is 10.2. The van der Waals surface area contributed by atoms with Crippen LogP contribution in [0.25, 0.3) is 11.4 Å². The fourth-order valence-electron chi connectivity index (χ4n) is 1.56. The van der Waals surface area contributed by atoms with Crippen molar-refractivity contribution >= 4 is 6.09 Å². The van der Waals surface area contributed by atoms with Crippen LogP contribution < -0.4 is 0 Å². The Labute approximate surface area is 106 Å². The standard InChI is InChI=1S/C14H16N2O2/c1-14(2,3)18-13(17)16-10-9-15-12(16)11-7-5-4-6-8-11/h4-10H,1-3H3. The SMILES string of the molecule is CC(C)(C)OC(=O)n1ccnc1-c1ccccc1. The molecule has 4 heteroatoms. The molecule has 0 radical (unpaired) electrons. The van der Waals surface area contributed by atoms with E-state index in [0.29, 0.717) is 5.82 Å². The van der Waals surface area contributed by atoms with Crippen LogP contribution in [0.15, 0.2) is 42.7 Å². The summed E-state index contributed by atoms with van der Waals surface area (Å²) in [6.07, 6.45) is 2.78. The topological polar surface area (TPSA) is 44.1 Å². The fraction of sp³-hybridized carbons (Fsp3) is 0.286. The first kappa shape index (κ1) is 12.4. The molecule has 0 aliphatic heterocycles. The maximum absolute atomic E-state index is 12.0. The predicted molar refractivity (Wildman–Crippen MR) is 69.3 cm³/mol. The van der Waals surface area contributed by atoms with Crippen LogP contribution in [-0.2, 0) is 4.74 Å². The molecule has 1 heterocycles. The summed E-state index contributed by atoms with van der Waals surface area (Å²) in [6.45, 7) is 5.51. The summed E-state index contributed by atoms with van der Waals surface area (Å²) in [4.78, 5) is 16.2. The molecule has 1 aromatic heterocycles. The van der Waals surface area contributed by atoms with Crippen molar-refractivity contribution in [3.05, 3.63) is 42.7 Å². The van der Waals surface area contributed by atoms with Crippen LogP contribution in [0, 0.1) is 0 Å². The van der Waals surface area contributed by atoms with Crippen LogP contribution >= 0.6 is 0 Å². The third-order valence-electron chi connectivity index (χ3n) is 2.26. The van der Waals surface area contributed by atoms with Crippen molar-refractivity contribution in [3.8, 4) is 11.4 Å². The van der Waals surface area contributed by atoms with Crippen molar-refractivity contribution in [3.63, 3.8) is 0 Å². The summed E-state index contributed by atoms with van der Waals surface area (Å²) in [5, 5.41) is 0. The Hall–Kier alpha value is -2.10. The number of hydrogen-bond acceptors (Lipinski definition) is 3. The average molecular weight is 244 g/mol. The third-order valence-corrected chi connectivity index (χ3v) is 2.26. The predicted octanol–water partition coefficient (Wildman–Crippen LogP) is 3.33. The summed E-state index contributed by atoms with van der Waals surface area (Å²) in [5.74, 6) is 0.588. The summed E-state index contributed by atoms with van der Waals surface area (Å²) in [6, 6.07) is 9.55. The van der Waals surface area contributed by atoms with E-state index in [4.69, 9.17) is 4.74 Å². The minimum atomic E-state index is -0.519. The van der Waals surface area contributed by atoms with Crippen LogP contribution in [0.4, 0.5) is 4.79 Å². The van der Waals surface area contributed by atoms with Crippen LogP contribution in [0.5, 0.6) is 0 Å². The first-order valence-electron chi connectivity index (χ1n) is 5.79. The number of nitrogens with zero attached hydrogens (tertiary/aromatic N) is 2. The van der Waals surface area contributed by atoms with Crippen LogP contribution in [0.3, 0.4) is 0 Å². The Morgan fingerprint density at radius 2 is 1.89 bits per heavy atom. The first-order chi connectivity index (χ1) is 8.47. The Bertz CT molecular complexity index is 538. The Morgan fingerprint density at radius 3 is 2.50 bits per heavy atom. The highest BCUT2D eigenvalue weighted by molar-refractivity contribution is 5.76. The Balaban J connectivity index is 2.32. The molecule has 0 aliphatic rings. The van der Waals surface area contributed by atoms with Gasteiger partial charge in [-0.25, -0.2) is 14.3 Å². The van der Waals surface area contributed by atoms with Gasteiger partial charge >= 0.3 is 6.09 Å². The molecule has 0 unspecified atom stereocenters. The molecule has 0 N–H and O–H groups in total. The van der Waals surface area contributed by atoms with E-state index >= 15 is 0 Å². The second-order valence-corrected chi connectivity index (χ2v) is 4.97. The van der Waals surface area contributed by atoms with Gasteiger partial charge in [0.25, 0.3) is 0 Å². The van der Waals surface area contributed by atoms with Crippen molar-refractivity contribution < 1.29 is 9.53 Å². The van der Waals surface area contributed by atoms with Gasteiger partial charge in [0.1, 0.15) is 11.4 Å². The van der Waals surface area contributed by atoms with E-state index in [0.717, 1.165) is 5.56 Å². The quantitative estimate of drug-likeness (QED) is 0.772. The summed E-state index contributed by atoms with van der Waals surface area (Å²) in [5.41, 5.74) is 0.364. The van der Waals surface area contributed by atoms with Gasteiger partial charge in [-0.1, -0.05) is 30.3 Å². The average Bonchev–Trinajstić information content (AvgIpc) is 2.76. The highest BCUT2D eigenvalue weighted by atomic mass is 16.6. The minimum Gasteiger partial charge on any atom is -0.443 e. The van der Waals surface area contributed by atoms with Gasteiger partial charge in [-0.3, -0.25) is 0 Å². The van der Waals surface area contributed by atoms with Crippen LogP contribution in [0.1, 0.15) is 20.8 Å². The van der Waals surface area contributed by atoms with Crippen molar-refractivity contribution in [1.82, 2.24) is 9.55 Å². The molecule has 0 atom stereocenters. The van der Waals surface area contributed by atoms with E-state index in [1.807, 2.05) is 51.1 Å². The molecule has 0 saturated carbocycles. The minimum absolute atomic E-state index is 0.418. The second-order valence-electron chi connectivity index (χ2n) is 4.97. The van der Waals surface area contributed by atoms with Gasteiger partial charge in [-0.2, -0.15) is 0 Å². The van der Waals surface area contributed by atoms with Crippen molar-refractivity contribution in [2.24, 2.45) is 0 Å². The van der Waals surface area contributed by atoms with E-state index in [1.54, 1.807) is 12.4 Å². The van der Waals surface area contributed by atoms with Gasteiger partial charge in [-0.15, -0.1) is 0 Å². The number of imidazole rings is 1. The lowest BCUT2D eigenvalue weighted by molar-refractivity contribution is 0.0539. The van der Waals surface area contributed by atoms with Crippen molar-refractivity contribution in [2.75, 3.05) is 0 Å². The maximum atomic E-state index is 12.0. The monoisotopic (exact) mass is 244 g/mol. The van der Waals surface area contributed by atoms with E-state index in [2.05, 4.69) is 4.98 Å². The van der Waals surface area contributed by atoms with Gasteiger partial charge < -0.3 is 4.74 Å². The number of rotatable bonds is 1. The van der Waals surface area contributed by atoms with Gasteiger partial charge in [0, 0.05) is 18.0 Å². The highest BCUT2D eigenvalue weighted by Crippen LogP contribution is 2.18. The summed E-state index contributed by atoms with van der Waals surface area (Å²) < 4.78 is 6.75. The molecule has 4 nitrogen and oxygen atoms in total. The van der Waals surface area contributed by atoms with Gasteiger partial charge in [0.15, 0.2) is 0 Å². The Morgan fingerprint density at radius 1 is 1.22 bits per heavy atom. The van der Waals surface area contributed by atoms with Crippen LogP contribution in [0.2, 0.25) is 0 Å². The number of carbonyl (C=O) groups is 1. The van der Waals surface area contributed by atoms with Gasteiger partial charge in [0.2, 0.25) is 0 Å². The van der Waals surface area contributed by atoms with E-state index in [-0.39, 0.29) is 0 Å². The number of hydrogen-bond donors (Lipinski definition) is 0. The molecule has 0 fully saturated rings. The number of benzene rings is 1. The number of carbonyl (C=O) groups excluding carboxylic acids is 1. The summed E-state index contributed by atoms with van der Waals surface area (Å²) in [7, 11) is 0. The molecule has 0 saturated heterocycles. The number of ether oxygens (including phenoxy) is 1. The molecule has 0 amide bonds. The molecule has 2 rings (SSSR count). The molecule has 0 spiro atoms. The molecular formula is C14H16N2O2. The van der Waals surface area contributed by atoms with Gasteiger partial charge in [-0.05, 0) is 20.8 Å². The highest BCUT2D eigenvalue weighted by Gasteiger charge is 2.20. The van der Waals surface area contributed by atoms with Crippen molar-refractivity contribution in [2.45, 2.75) is 26.4 Å². The smallest absolute Gasteiger partial charge is 0.420 e. The largest absolute Gasteiger partial charge is 0.443 e. The zero-order valence-electron chi connectivity index (χ0n) is 10.8. The molecule has 18 heavy (non-hydrogen) atoms. The zero-order valence-corrected chi connectivity index (χ0v) is 10.8. The molecule has 1 aromatic carbocycles. The van der Waals surface area contributed by atoms with E-state index in [9.17, 15) is 4.79 Å². The third kappa shape index (κ3) is 2.77. The second kappa shape index (κ2) is 4.64. The van der Waals surface area contributed by atoms with E-state index in [1.165, 1.54) is 4.57 Å². The summed E-state index contributed by atoms with van der Waals surface area (Å²) >= 11 is 0. The van der Waals surface area contributed by atoms with E-state index < -0.39 is 11.7 Å². The molecule has 2 aromatic rings. The molecule has 0 aliphatic carbocycles. The Kier molecular flexibility index (Phi) is 3.19. The van der Waals surface area contributed by atoms with Crippen molar-refractivity contribution in [1.29, 1.82) is 0 Å². The lowest BCUT2D eigenvalue weighted by Gasteiger charge is -2.20. The molecule has 0 bridgehead atoms.